The number of thiazole rings is 1. The summed E-state index contributed by atoms with van der Waals surface area (Å²) in [6.07, 6.45) is 0.980. The lowest BCUT2D eigenvalue weighted by Crippen LogP contribution is -2.26. The summed E-state index contributed by atoms with van der Waals surface area (Å²) in [5.74, 6) is -0.353. The quantitative estimate of drug-likeness (QED) is 0.795. The second-order valence-corrected chi connectivity index (χ2v) is 4.57. The Morgan fingerprint density at radius 2 is 2.62 bits per heavy atom. The number of aromatic nitrogens is 1. The molecule has 2 N–H and O–H groups in total. The predicted molar refractivity (Wildman–Crippen MR) is 62.9 cm³/mol. The van der Waals surface area contributed by atoms with Crippen molar-refractivity contribution in [2.75, 3.05) is 24.6 Å². The highest BCUT2D eigenvalue weighted by atomic mass is 32.1. The predicted octanol–water partition coefficient (Wildman–Crippen LogP) is 0.857. The van der Waals surface area contributed by atoms with Gasteiger partial charge in [-0.05, 0) is 13.3 Å². The van der Waals surface area contributed by atoms with Gasteiger partial charge < -0.3 is 15.4 Å². The Bertz CT molecular complexity index is 380. The second-order valence-electron chi connectivity index (χ2n) is 3.73. The number of hydrogen-bond acceptors (Lipinski definition) is 6. The SMILES string of the molecule is CCOC(=O)c1csc(N2CC[C@@H](N)C2)n1. The largest absolute Gasteiger partial charge is 0.461 e. The average molecular weight is 241 g/mol. The zero-order valence-electron chi connectivity index (χ0n) is 9.18. The molecule has 0 aromatic carbocycles. The van der Waals surface area contributed by atoms with Crippen molar-refractivity contribution >= 4 is 22.4 Å². The molecule has 1 atom stereocenters. The van der Waals surface area contributed by atoms with Crippen LogP contribution >= 0.6 is 11.3 Å². The van der Waals surface area contributed by atoms with E-state index in [2.05, 4.69) is 9.88 Å². The van der Waals surface area contributed by atoms with Crippen LogP contribution in [0, 0.1) is 0 Å². The molecule has 88 valence electrons. The van der Waals surface area contributed by atoms with E-state index < -0.39 is 0 Å². The third kappa shape index (κ3) is 2.33. The third-order valence-electron chi connectivity index (χ3n) is 2.47. The average Bonchev–Trinajstić information content (AvgIpc) is 2.85. The van der Waals surface area contributed by atoms with E-state index in [0.29, 0.717) is 12.3 Å². The maximum absolute atomic E-state index is 11.4. The van der Waals surface area contributed by atoms with Gasteiger partial charge in [-0.1, -0.05) is 0 Å². The van der Waals surface area contributed by atoms with Crippen molar-refractivity contribution in [3.8, 4) is 0 Å². The lowest BCUT2D eigenvalue weighted by molar-refractivity contribution is 0.0520. The normalized spacial score (nSPS) is 20.1. The van der Waals surface area contributed by atoms with Gasteiger partial charge in [-0.25, -0.2) is 9.78 Å². The van der Waals surface area contributed by atoms with Gasteiger partial charge in [-0.2, -0.15) is 0 Å². The highest BCUT2D eigenvalue weighted by Gasteiger charge is 2.22. The number of anilines is 1. The van der Waals surface area contributed by atoms with E-state index in [0.717, 1.165) is 24.6 Å². The lowest BCUT2D eigenvalue weighted by atomic mass is 10.3. The molecule has 2 heterocycles. The minimum Gasteiger partial charge on any atom is -0.461 e. The molecule has 1 aliphatic rings. The summed E-state index contributed by atoms with van der Waals surface area (Å²) in [4.78, 5) is 17.8. The van der Waals surface area contributed by atoms with Gasteiger partial charge in [0.1, 0.15) is 0 Å². The molecule has 0 bridgehead atoms. The fourth-order valence-electron chi connectivity index (χ4n) is 1.67. The molecule has 1 saturated heterocycles. The van der Waals surface area contributed by atoms with Gasteiger partial charge in [-0.15, -0.1) is 11.3 Å². The molecule has 0 amide bonds. The van der Waals surface area contributed by atoms with E-state index in [1.807, 2.05) is 0 Å². The fourth-order valence-corrected chi connectivity index (χ4v) is 2.50. The smallest absolute Gasteiger partial charge is 0.357 e. The molecule has 0 radical (unpaired) electrons. The van der Waals surface area contributed by atoms with Crippen molar-refractivity contribution in [3.05, 3.63) is 11.1 Å². The van der Waals surface area contributed by atoms with Crippen molar-refractivity contribution in [1.82, 2.24) is 4.98 Å². The van der Waals surface area contributed by atoms with Gasteiger partial charge in [0.05, 0.1) is 6.61 Å². The van der Waals surface area contributed by atoms with Gasteiger partial charge in [0.15, 0.2) is 10.8 Å². The summed E-state index contributed by atoms with van der Waals surface area (Å²) in [6, 6.07) is 0.218. The molecular formula is C10H15N3O2S. The fraction of sp³-hybridized carbons (Fsp3) is 0.600. The van der Waals surface area contributed by atoms with Crippen LogP contribution in [0.3, 0.4) is 0 Å². The summed E-state index contributed by atoms with van der Waals surface area (Å²) < 4.78 is 4.89. The molecule has 6 heteroatoms. The van der Waals surface area contributed by atoms with E-state index in [1.165, 1.54) is 11.3 Å². The maximum Gasteiger partial charge on any atom is 0.357 e. The van der Waals surface area contributed by atoms with E-state index >= 15 is 0 Å². The number of nitrogens with zero attached hydrogens (tertiary/aromatic N) is 2. The first-order valence-electron chi connectivity index (χ1n) is 5.34. The molecule has 0 aliphatic carbocycles. The van der Waals surface area contributed by atoms with Crippen LogP contribution < -0.4 is 10.6 Å². The van der Waals surface area contributed by atoms with Crippen molar-refractivity contribution in [2.24, 2.45) is 5.73 Å². The first kappa shape index (κ1) is 11.3. The first-order chi connectivity index (χ1) is 7.70. The molecule has 1 aliphatic heterocycles. The zero-order valence-corrected chi connectivity index (χ0v) is 10.00. The Balaban J connectivity index is 2.04. The van der Waals surface area contributed by atoms with Crippen LogP contribution in [0.2, 0.25) is 0 Å². The van der Waals surface area contributed by atoms with Gasteiger partial charge in [-0.3, -0.25) is 0 Å². The number of ether oxygens (including phenoxy) is 1. The topological polar surface area (TPSA) is 68.5 Å². The third-order valence-corrected chi connectivity index (χ3v) is 3.37. The Kier molecular flexibility index (Phi) is 3.40. The minimum atomic E-state index is -0.353. The van der Waals surface area contributed by atoms with Crippen molar-refractivity contribution < 1.29 is 9.53 Å². The molecule has 1 aromatic heterocycles. The summed E-state index contributed by atoms with van der Waals surface area (Å²) in [5, 5.41) is 2.59. The molecule has 0 saturated carbocycles. The van der Waals surface area contributed by atoms with E-state index in [-0.39, 0.29) is 12.0 Å². The van der Waals surface area contributed by atoms with Crippen LogP contribution in [0.15, 0.2) is 5.38 Å². The molecule has 2 rings (SSSR count). The maximum atomic E-state index is 11.4. The second kappa shape index (κ2) is 4.80. The van der Waals surface area contributed by atoms with Crippen LogP contribution in [0.25, 0.3) is 0 Å². The van der Waals surface area contributed by atoms with Crippen LogP contribution in [0.1, 0.15) is 23.8 Å². The molecule has 5 nitrogen and oxygen atoms in total. The molecule has 16 heavy (non-hydrogen) atoms. The molecule has 0 unspecified atom stereocenters. The number of nitrogens with two attached hydrogens (primary N) is 1. The Morgan fingerprint density at radius 1 is 1.81 bits per heavy atom. The van der Waals surface area contributed by atoms with E-state index in [9.17, 15) is 4.79 Å². The first-order valence-corrected chi connectivity index (χ1v) is 6.22. The summed E-state index contributed by atoms with van der Waals surface area (Å²) in [7, 11) is 0. The Morgan fingerprint density at radius 3 is 3.25 bits per heavy atom. The molecule has 0 spiro atoms. The van der Waals surface area contributed by atoms with Crippen LogP contribution in [0.5, 0.6) is 0 Å². The number of carbonyl (C=O) groups is 1. The zero-order chi connectivity index (χ0) is 11.5. The monoisotopic (exact) mass is 241 g/mol. The van der Waals surface area contributed by atoms with Crippen molar-refractivity contribution in [3.63, 3.8) is 0 Å². The number of esters is 1. The number of hydrogen-bond donors (Lipinski definition) is 1. The van der Waals surface area contributed by atoms with Gasteiger partial charge in [0.2, 0.25) is 0 Å². The van der Waals surface area contributed by atoms with E-state index in [1.54, 1.807) is 12.3 Å². The Hall–Kier alpha value is -1.14. The van der Waals surface area contributed by atoms with Crippen LogP contribution in [-0.2, 0) is 4.74 Å². The van der Waals surface area contributed by atoms with Gasteiger partial charge in [0.25, 0.3) is 0 Å². The molecule has 1 aromatic rings. The highest BCUT2D eigenvalue weighted by Crippen LogP contribution is 2.24. The summed E-state index contributed by atoms with van der Waals surface area (Å²) in [6.45, 7) is 3.89. The molecular weight excluding hydrogens is 226 g/mol. The highest BCUT2D eigenvalue weighted by molar-refractivity contribution is 7.13. The van der Waals surface area contributed by atoms with Gasteiger partial charge in [0, 0.05) is 24.5 Å². The number of rotatable bonds is 3. The summed E-state index contributed by atoms with van der Waals surface area (Å²) in [5.41, 5.74) is 6.21. The minimum absolute atomic E-state index is 0.218. The van der Waals surface area contributed by atoms with Crippen molar-refractivity contribution in [1.29, 1.82) is 0 Å². The van der Waals surface area contributed by atoms with Crippen molar-refractivity contribution in [2.45, 2.75) is 19.4 Å². The van der Waals surface area contributed by atoms with Crippen LogP contribution in [-0.4, -0.2) is 36.7 Å². The molecule has 1 fully saturated rings. The summed E-state index contributed by atoms with van der Waals surface area (Å²) >= 11 is 1.46. The van der Waals surface area contributed by atoms with E-state index in [4.69, 9.17) is 10.5 Å². The lowest BCUT2D eigenvalue weighted by Gasteiger charge is -2.12. The van der Waals surface area contributed by atoms with Gasteiger partial charge >= 0.3 is 5.97 Å². The number of carbonyl (C=O) groups excluding carboxylic acids is 1. The standard InChI is InChI=1S/C10H15N3O2S/c1-2-15-9(14)8-6-16-10(12-8)13-4-3-7(11)5-13/h6-7H,2-5,11H2,1H3/t7-/m1/s1. The Labute approximate surface area is 98.2 Å². The van der Waals surface area contributed by atoms with Crippen LogP contribution in [0.4, 0.5) is 5.13 Å².